The van der Waals surface area contributed by atoms with Crippen molar-refractivity contribution in [1.82, 2.24) is 4.90 Å². The molecule has 1 saturated heterocycles. The minimum atomic E-state index is -4.33. The van der Waals surface area contributed by atoms with Crippen molar-refractivity contribution in [3.63, 3.8) is 0 Å². The van der Waals surface area contributed by atoms with Gasteiger partial charge in [-0.15, -0.1) is 0 Å². The third kappa shape index (κ3) is 5.67. The lowest BCUT2D eigenvalue weighted by Gasteiger charge is -2.49. The van der Waals surface area contributed by atoms with Gasteiger partial charge in [-0.25, -0.2) is 0 Å². The van der Waals surface area contributed by atoms with Gasteiger partial charge in [0.15, 0.2) is 0 Å². The van der Waals surface area contributed by atoms with E-state index in [4.69, 9.17) is 21.1 Å². The predicted molar refractivity (Wildman–Crippen MR) is 124 cm³/mol. The summed E-state index contributed by atoms with van der Waals surface area (Å²) < 4.78 is 50.1. The molecule has 0 aromatic heterocycles. The van der Waals surface area contributed by atoms with E-state index in [0.29, 0.717) is 18.3 Å². The smallest absolute Gasteiger partial charge is 0.416 e. The molecule has 0 N–H and O–H groups in total. The minimum absolute atomic E-state index is 0.0308. The van der Waals surface area contributed by atoms with Crippen LogP contribution in [0.2, 0.25) is 5.02 Å². The zero-order valence-corrected chi connectivity index (χ0v) is 19.7. The Morgan fingerprint density at radius 3 is 2.33 bits per heavy atom. The first-order chi connectivity index (χ1) is 15.8. The van der Waals surface area contributed by atoms with Gasteiger partial charge in [0.2, 0.25) is 0 Å². The molecule has 1 unspecified atom stereocenters. The van der Waals surface area contributed by atoms with E-state index in [2.05, 4.69) is 17.0 Å². The highest BCUT2D eigenvalue weighted by Crippen LogP contribution is 2.48. The van der Waals surface area contributed by atoms with Crippen LogP contribution in [0.4, 0.5) is 13.2 Å². The number of methoxy groups -OCH3 is 1. The molecule has 2 aromatic carbocycles. The van der Waals surface area contributed by atoms with Crippen molar-refractivity contribution in [3.8, 4) is 5.75 Å². The predicted octanol–water partition coefficient (Wildman–Crippen LogP) is 6.59. The molecule has 2 aromatic rings. The maximum absolute atomic E-state index is 12.7. The maximum Gasteiger partial charge on any atom is 0.416 e. The maximum atomic E-state index is 12.7. The molecule has 180 valence electrons. The van der Waals surface area contributed by atoms with Crippen molar-refractivity contribution >= 4 is 11.6 Å². The lowest BCUT2D eigenvalue weighted by molar-refractivity contribution is -0.137. The highest BCUT2D eigenvalue weighted by molar-refractivity contribution is 6.30. The summed E-state index contributed by atoms with van der Waals surface area (Å²) in [6.45, 7) is 3.28. The molecule has 1 heterocycles. The van der Waals surface area contributed by atoms with Gasteiger partial charge in [0.25, 0.3) is 0 Å². The van der Waals surface area contributed by atoms with E-state index < -0.39 is 11.7 Å². The van der Waals surface area contributed by atoms with Gasteiger partial charge in [0, 0.05) is 36.6 Å². The van der Waals surface area contributed by atoms with Gasteiger partial charge < -0.3 is 14.4 Å². The molecule has 1 aliphatic heterocycles. The first kappa shape index (κ1) is 24.4. The number of hydrogen-bond acceptors (Lipinski definition) is 3. The number of nitrogens with zero attached hydrogens (tertiary/aromatic N) is 1. The van der Waals surface area contributed by atoms with Crippen LogP contribution >= 0.6 is 11.6 Å². The standard InChI is InChI=1S/C26H31ClF3NO2/c1-32-24(25(13-3-14-25)20-5-9-22(27)10-6-20)17-31-15-2-4-19(16-31)18-33-23-11-7-21(8-12-23)26(28,29)30/h5-12,19,24H,2-4,13-18H2,1H3/t19?,24-/m0/s1. The summed E-state index contributed by atoms with van der Waals surface area (Å²) in [6, 6.07) is 13.1. The van der Waals surface area contributed by atoms with Crippen molar-refractivity contribution < 1.29 is 22.6 Å². The summed E-state index contributed by atoms with van der Waals surface area (Å²) in [5, 5.41) is 0.745. The monoisotopic (exact) mass is 481 g/mol. The second kappa shape index (κ2) is 10.2. The molecule has 2 aliphatic rings. The zero-order valence-electron chi connectivity index (χ0n) is 18.9. The largest absolute Gasteiger partial charge is 0.493 e. The number of halogens is 4. The summed E-state index contributed by atoms with van der Waals surface area (Å²) in [6.07, 6.45) is 1.32. The fourth-order valence-corrected chi connectivity index (χ4v) is 5.38. The van der Waals surface area contributed by atoms with Crippen molar-refractivity contribution in [2.75, 3.05) is 33.4 Å². The quantitative estimate of drug-likeness (QED) is 0.424. The Balaban J connectivity index is 1.34. The number of likely N-dealkylation sites (tertiary alicyclic amines) is 1. The van der Waals surface area contributed by atoms with Crippen molar-refractivity contribution in [2.45, 2.75) is 49.8 Å². The van der Waals surface area contributed by atoms with E-state index in [9.17, 15) is 13.2 Å². The normalized spacial score (nSPS) is 21.9. The molecule has 33 heavy (non-hydrogen) atoms. The number of ether oxygens (including phenoxy) is 2. The molecule has 4 rings (SSSR count). The first-order valence-corrected chi connectivity index (χ1v) is 12.0. The Labute approximate surface area is 198 Å². The fraction of sp³-hybridized carbons (Fsp3) is 0.538. The van der Waals surface area contributed by atoms with Crippen molar-refractivity contribution in [2.24, 2.45) is 5.92 Å². The van der Waals surface area contributed by atoms with E-state index in [1.807, 2.05) is 12.1 Å². The highest BCUT2D eigenvalue weighted by atomic mass is 35.5. The van der Waals surface area contributed by atoms with Gasteiger partial charge in [-0.3, -0.25) is 0 Å². The lowest BCUT2D eigenvalue weighted by atomic mass is 9.61. The minimum Gasteiger partial charge on any atom is -0.493 e. The molecule has 7 heteroatoms. The molecule has 0 amide bonds. The number of alkyl halides is 3. The molecule has 1 saturated carbocycles. The van der Waals surface area contributed by atoms with Crippen LogP contribution in [-0.2, 0) is 16.3 Å². The summed E-state index contributed by atoms with van der Waals surface area (Å²) in [5.41, 5.74) is 0.669. The number of hydrogen-bond donors (Lipinski definition) is 0. The fourth-order valence-electron chi connectivity index (χ4n) is 5.25. The Morgan fingerprint density at radius 1 is 1.06 bits per heavy atom. The van der Waals surface area contributed by atoms with Crippen molar-refractivity contribution in [1.29, 1.82) is 0 Å². The summed E-state index contributed by atoms with van der Waals surface area (Å²) in [5.74, 6) is 0.817. The molecular weight excluding hydrogens is 451 g/mol. The SMILES string of the molecule is CO[C@@H](CN1CCCC(COc2ccc(C(F)(F)F)cc2)C1)C1(c2ccc(Cl)cc2)CCC1. The lowest BCUT2D eigenvalue weighted by Crippen LogP contribution is -2.53. The highest BCUT2D eigenvalue weighted by Gasteiger charge is 2.46. The molecule has 1 aliphatic carbocycles. The topological polar surface area (TPSA) is 21.7 Å². The number of piperidine rings is 1. The Kier molecular flexibility index (Phi) is 7.56. The molecule has 0 bridgehead atoms. The Hall–Kier alpha value is -1.76. The van der Waals surface area contributed by atoms with Gasteiger partial charge in [0.05, 0.1) is 18.3 Å². The van der Waals surface area contributed by atoms with Gasteiger partial charge in [-0.1, -0.05) is 30.2 Å². The van der Waals surface area contributed by atoms with Crippen LogP contribution in [0, 0.1) is 5.92 Å². The second-order valence-corrected chi connectivity index (χ2v) is 9.78. The molecule has 3 nitrogen and oxygen atoms in total. The van der Waals surface area contributed by atoms with E-state index >= 15 is 0 Å². The zero-order chi connectivity index (χ0) is 23.5. The van der Waals surface area contributed by atoms with Crippen LogP contribution in [-0.4, -0.2) is 44.4 Å². The van der Waals surface area contributed by atoms with E-state index in [0.717, 1.165) is 62.5 Å². The second-order valence-electron chi connectivity index (χ2n) is 9.34. The van der Waals surface area contributed by atoms with Crippen LogP contribution in [0.15, 0.2) is 48.5 Å². The summed E-state index contributed by atoms with van der Waals surface area (Å²) >= 11 is 6.11. The van der Waals surface area contributed by atoms with Gasteiger partial charge >= 0.3 is 6.18 Å². The average Bonchev–Trinajstić information content (AvgIpc) is 2.77. The van der Waals surface area contributed by atoms with Gasteiger partial charge in [0.1, 0.15) is 5.75 Å². The van der Waals surface area contributed by atoms with Crippen LogP contribution < -0.4 is 4.74 Å². The van der Waals surface area contributed by atoms with Gasteiger partial charge in [-0.2, -0.15) is 13.2 Å². The van der Waals surface area contributed by atoms with E-state index in [1.54, 1.807) is 7.11 Å². The Bertz CT molecular complexity index is 897. The summed E-state index contributed by atoms with van der Waals surface area (Å²) in [7, 11) is 1.80. The van der Waals surface area contributed by atoms with Crippen molar-refractivity contribution in [3.05, 3.63) is 64.7 Å². The molecule has 0 spiro atoms. The summed E-state index contributed by atoms with van der Waals surface area (Å²) in [4.78, 5) is 2.45. The average molecular weight is 482 g/mol. The number of benzene rings is 2. The van der Waals surface area contributed by atoms with Crippen LogP contribution in [0.1, 0.15) is 43.2 Å². The van der Waals surface area contributed by atoms with E-state index in [-0.39, 0.29) is 11.5 Å². The van der Waals surface area contributed by atoms with Gasteiger partial charge in [-0.05, 0) is 74.2 Å². The third-order valence-corrected chi connectivity index (χ3v) is 7.51. The van der Waals surface area contributed by atoms with Crippen LogP contribution in [0.3, 0.4) is 0 Å². The molecule has 0 radical (unpaired) electrons. The Morgan fingerprint density at radius 2 is 1.76 bits per heavy atom. The number of rotatable bonds is 8. The molecule has 2 fully saturated rings. The molecule has 2 atom stereocenters. The third-order valence-electron chi connectivity index (χ3n) is 7.26. The van der Waals surface area contributed by atoms with Crippen LogP contribution in [0.5, 0.6) is 5.75 Å². The first-order valence-electron chi connectivity index (χ1n) is 11.6. The van der Waals surface area contributed by atoms with E-state index in [1.165, 1.54) is 24.1 Å². The van der Waals surface area contributed by atoms with Crippen LogP contribution in [0.25, 0.3) is 0 Å². The molecular formula is C26H31ClF3NO2.